The SMILES string of the molecule is O=C(C=CNc1cccc2c1CN(C1CCC(=O)NC1=O)C2=O)Nc1cccc(-c2ccc3c(c2)[C@H]2[C@H](CCN2Cc2ccncc2)[C@@H](CO)N3)c1. The Balaban J connectivity index is 0.950. The second kappa shape index (κ2) is 14.0. The molecule has 4 amide bonds. The summed E-state index contributed by atoms with van der Waals surface area (Å²) in [4.78, 5) is 58.4. The van der Waals surface area contributed by atoms with Crippen molar-refractivity contribution in [2.45, 2.75) is 50.5 Å². The predicted octanol–water partition coefficient (Wildman–Crippen LogP) is 4.42. The molecule has 4 aliphatic rings. The van der Waals surface area contributed by atoms with Gasteiger partial charge in [-0.05, 0) is 90.2 Å². The number of hydrogen-bond acceptors (Lipinski definition) is 9. The van der Waals surface area contributed by atoms with Gasteiger partial charge in [0, 0.05) is 84.3 Å². The van der Waals surface area contributed by atoms with Gasteiger partial charge in [-0.3, -0.25) is 34.4 Å². The highest BCUT2D eigenvalue weighted by Gasteiger charge is 2.44. The van der Waals surface area contributed by atoms with Gasteiger partial charge in [-0.25, -0.2) is 0 Å². The van der Waals surface area contributed by atoms with Gasteiger partial charge in [0.25, 0.3) is 5.91 Å². The summed E-state index contributed by atoms with van der Waals surface area (Å²) in [7, 11) is 0. The van der Waals surface area contributed by atoms with Gasteiger partial charge in [-0.2, -0.15) is 0 Å². The van der Waals surface area contributed by atoms with Crippen molar-refractivity contribution in [2.75, 3.05) is 29.1 Å². The maximum atomic E-state index is 13.2. The molecule has 264 valence electrons. The van der Waals surface area contributed by atoms with Crippen LogP contribution in [0.2, 0.25) is 0 Å². The molecule has 4 atom stereocenters. The number of carbonyl (C=O) groups excluding carboxylic acids is 4. The first-order valence-electron chi connectivity index (χ1n) is 17.6. The third kappa shape index (κ3) is 6.42. The van der Waals surface area contributed by atoms with Gasteiger partial charge in [-0.15, -0.1) is 0 Å². The van der Waals surface area contributed by atoms with E-state index in [0.29, 0.717) is 16.9 Å². The van der Waals surface area contributed by atoms with Crippen LogP contribution in [-0.4, -0.2) is 68.8 Å². The van der Waals surface area contributed by atoms with E-state index in [4.69, 9.17) is 0 Å². The quantitative estimate of drug-likeness (QED) is 0.126. The Morgan fingerprint density at radius 2 is 1.81 bits per heavy atom. The zero-order valence-corrected chi connectivity index (χ0v) is 28.4. The highest BCUT2D eigenvalue weighted by Crippen LogP contribution is 2.48. The second-order valence-electron chi connectivity index (χ2n) is 13.7. The lowest BCUT2D eigenvalue weighted by Gasteiger charge is -2.39. The first-order chi connectivity index (χ1) is 25.4. The first kappa shape index (κ1) is 33.3. The lowest BCUT2D eigenvalue weighted by atomic mass is 9.82. The normalized spacial score (nSPS) is 22.4. The molecule has 5 N–H and O–H groups in total. The molecule has 2 fully saturated rings. The molecule has 4 aromatic rings. The van der Waals surface area contributed by atoms with Crippen LogP contribution < -0.4 is 21.3 Å². The Hall–Kier alpha value is -5.85. The number of aliphatic hydroxyl groups excluding tert-OH is 1. The van der Waals surface area contributed by atoms with Gasteiger partial charge >= 0.3 is 0 Å². The summed E-state index contributed by atoms with van der Waals surface area (Å²) in [6.45, 7) is 2.05. The number of pyridine rings is 1. The zero-order chi connectivity index (χ0) is 35.8. The third-order valence-electron chi connectivity index (χ3n) is 10.6. The topological polar surface area (TPSA) is 156 Å². The first-order valence-corrected chi connectivity index (χ1v) is 17.6. The summed E-state index contributed by atoms with van der Waals surface area (Å²) in [5.74, 6) is -1.10. The van der Waals surface area contributed by atoms with Crippen LogP contribution in [0.4, 0.5) is 17.1 Å². The Bertz CT molecular complexity index is 2090. The molecular formula is C40H39N7O5. The second-order valence-corrected chi connectivity index (χ2v) is 13.7. The highest BCUT2D eigenvalue weighted by molar-refractivity contribution is 6.06. The van der Waals surface area contributed by atoms with E-state index >= 15 is 0 Å². The van der Waals surface area contributed by atoms with Crippen LogP contribution in [0.3, 0.4) is 0 Å². The third-order valence-corrected chi connectivity index (χ3v) is 10.6. The maximum absolute atomic E-state index is 13.2. The summed E-state index contributed by atoms with van der Waals surface area (Å²) in [5, 5.41) is 22.2. The van der Waals surface area contributed by atoms with Gasteiger partial charge in [0.05, 0.1) is 12.6 Å². The van der Waals surface area contributed by atoms with Crippen molar-refractivity contribution in [3.05, 3.63) is 120 Å². The van der Waals surface area contributed by atoms with Gasteiger partial charge in [-0.1, -0.05) is 24.3 Å². The molecule has 12 nitrogen and oxygen atoms in total. The minimum Gasteiger partial charge on any atom is -0.394 e. The fraction of sp³-hybridized carbons (Fsp3) is 0.275. The van der Waals surface area contributed by atoms with Crippen molar-refractivity contribution in [2.24, 2.45) is 5.92 Å². The minimum atomic E-state index is -0.703. The number of likely N-dealkylation sites (tertiary alicyclic amines) is 1. The van der Waals surface area contributed by atoms with Crippen molar-refractivity contribution < 1.29 is 24.3 Å². The number of piperidine rings is 1. The van der Waals surface area contributed by atoms with E-state index in [1.165, 1.54) is 28.3 Å². The largest absolute Gasteiger partial charge is 0.394 e. The molecule has 5 heterocycles. The summed E-state index contributed by atoms with van der Waals surface area (Å²) in [6.07, 6.45) is 8.03. The monoisotopic (exact) mass is 697 g/mol. The fourth-order valence-electron chi connectivity index (χ4n) is 8.13. The lowest BCUT2D eigenvalue weighted by molar-refractivity contribution is -0.137. The average molecular weight is 698 g/mol. The number of hydrogen-bond donors (Lipinski definition) is 5. The van der Waals surface area contributed by atoms with Crippen LogP contribution in [-0.2, 0) is 27.5 Å². The lowest BCUT2D eigenvalue weighted by Crippen LogP contribution is -2.52. The molecule has 8 rings (SSSR count). The average Bonchev–Trinajstić information content (AvgIpc) is 3.73. The number of aliphatic hydroxyl groups is 1. The van der Waals surface area contributed by atoms with Crippen molar-refractivity contribution in [3.8, 4) is 11.1 Å². The molecule has 3 aromatic carbocycles. The summed E-state index contributed by atoms with van der Waals surface area (Å²) in [5.41, 5.74) is 7.96. The molecule has 1 aromatic heterocycles. The number of amides is 4. The smallest absolute Gasteiger partial charge is 0.255 e. The molecule has 52 heavy (non-hydrogen) atoms. The standard InChI is InChI=1S/C40H39N7O5/c48-23-34-29-14-18-46(21-24-11-15-41-16-12-24)38(29)30-20-26(7-8-33(30)44-34)25-3-1-4-27(19-25)43-37(50)13-17-42-32-6-2-5-28-31(32)22-47(40(28)52)35-9-10-36(49)45-39(35)51/h1-8,11-13,15-17,19-20,29,34-35,38,42,44,48H,9-10,14,18,21-23H2,(H,43,50)(H,45,49,51)/t29-,34-,35?,38-/m1/s1. The Kier molecular flexibility index (Phi) is 9.00. The van der Waals surface area contributed by atoms with E-state index in [1.807, 2.05) is 42.7 Å². The van der Waals surface area contributed by atoms with E-state index in [1.54, 1.807) is 12.1 Å². The van der Waals surface area contributed by atoms with Crippen molar-refractivity contribution in [3.63, 3.8) is 0 Å². The van der Waals surface area contributed by atoms with Crippen LogP contribution in [0, 0.1) is 5.92 Å². The molecule has 0 spiro atoms. The molecule has 0 radical (unpaired) electrons. The number of fused-ring (bicyclic) bond motifs is 4. The predicted molar refractivity (Wildman–Crippen MR) is 196 cm³/mol. The van der Waals surface area contributed by atoms with E-state index in [0.717, 1.165) is 41.9 Å². The summed E-state index contributed by atoms with van der Waals surface area (Å²) < 4.78 is 0. The summed E-state index contributed by atoms with van der Waals surface area (Å²) >= 11 is 0. The maximum Gasteiger partial charge on any atom is 0.255 e. The van der Waals surface area contributed by atoms with Crippen molar-refractivity contribution in [1.29, 1.82) is 0 Å². The molecule has 0 bridgehead atoms. The van der Waals surface area contributed by atoms with Gasteiger partial charge < -0.3 is 26.0 Å². The number of aromatic nitrogens is 1. The number of nitrogens with one attached hydrogen (secondary N) is 4. The van der Waals surface area contributed by atoms with Crippen molar-refractivity contribution in [1.82, 2.24) is 20.1 Å². The number of carbonyl (C=O) groups is 4. The van der Waals surface area contributed by atoms with Crippen LogP contribution in [0.1, 0.15) is 52.4 Å². The molecule has 2 saturated heterocycles. The number of rotatable bonds is 9. The van der Waals surface area contributed by atoms with E-state index in [2.05, 4.69) is 61.5 Å². The Labute approximate surface area is 300 Å². The highest BCUT2D eigenvalue weighted by atomic mass is 16.3. The number of benzene rings is 3. The molecule has 4 aliphatic heterocycles. The minimum absolute atomic E-state index is 0.00953. The van der Waals surface area contributed by atoms with Crippen LogP contribution in [0.15, 0.2) is 97.5 Å². The van der Waals surface area contributed by atoms with E-state index in [9.17, 15) is 24.3 Å². The fourth-order valence-corrected chi connectivity index (χ4v) is 8.13. The van der Waals surface area contributed by atoms with Crippen LogP contribution in [0.5, 0.6) is 0 Å². The van der Waals surface area contributed by atoms with Crippen LogP contribution >= 0.6 is 0 Å². The zero-order valence-electron chi connectivity index (χ0n) is 28.4. The molecule has 0 aliphatic carbocycles. The Morgan fingerprint density at radius 1 is 0.981 bits per heavy atom. The molecule has 1 unspecified atom stereocenters. The van der Waals surface area contributed by atoms with Gasteiger partial charge in [0.1, 0.15) is 6.04 Å². The van der Waals surface area contributed by atoms with Crippen LogP contribution in [0.25, 0.3) is 11.1 Å². The van der Waals surface area contributed by atoms with Crippen molar-refractivity contribution >= 4 is 40.7 Å². The van der Waals surface area contributed by atoms with E-state index in [-0.39, 0.29) is 61.7 Å². The number of nitrogens with zero attached hydrogens (tertiary/aromatic N) is 3. The van der Waals surface area contributed by atoms with E-state index < -0.39 is 11.9 Å². The number of anilines is 3. The summed E-state index contributed by atoms with van der Waals surface area (Å²) in [6, 6.07) is 23.0. The van der Waals surface area contributed by atoms with Gasteiger partial charge in [0.2, 0.25) is 17.7 Å². The molecule has 12 heteroatoms. The number of imide groups is 1. The van der Waals surface area contributed by atoms with Gasteiger partial charge in [0.15, 0.2) is 0 Å². The Morgan fingerprint density at radius 3 is 2.63 bits per heavy atom. The molecular weight excluding hydrogens is 658 g/mol. The molecule has 0 saturated carbocycles.